The quantitative estimate of drug-likeness (QED) is 0.789. The molecule has 0 aliphatic heterocycles. The summed E-state index contributed by atoms with van der Waals surface area (Å²) in [7, 11) is 0. The lowest BCUT2D eigenvalue weighted by atomic mass is 10.1. The molecule has 6 heteroatoms. The van der Waals surface area contributed by atoms with Gasteiger partial charge in [0.05, 0.1) is 5.69 Å². The standard InChI is InChI=1S/C14H14N2O3S/c17-13(18)6-5-10-3-1-2-4-12(10)16-14(19)15-11-7-8-20-9-11/h1-4,7-9H,5-6H2,(H,17,18)(H2,15,16,19). The van der Waals surface area contributed by atoms with Gasteiger partial charge in [-0.2, -0.15) is 11.3 Å². The molecule has 2 aromatic rings. The van der Waals surface area contributed by atoms with Gasteiger partial charge < -0.3 is 15.7 Å². The van der Waals surface area contributed by atoms with E-state index in [1.807, 2.05) is 22.9 Å². The average molecular weight is 290 g/mol. The van der Waals surface area contributed by atoms with E-state index >= 15 is 0 Å². The minimum atomic E-state index is -0.859. The smallest absolute Gasteiger partial charge is 0.323 e. The van der Waals surface area contributed by atoms with E-state index in [-0.39, 0.29) is 12.5 Å². The number of aliphatic carboxylic acids is 1. The third-order valence-electron chi connectivity index (χ3n) is 2.65. The van der Waals surface area contributed by atoms with Gasteiger partial charge in [-0.3, -0.25) is 4.79 Å². The highest BCUT2D eigenvalue weighted by atomic mass is 32.1. The molecule has 5 nitrogen and oxygen atoms in total. The van der Waals surface area contributed by atoms with Gasteiger partial charge in [-0.05, 0) is 29.5 Å². The number of anilines is 2. The number of carboxylic acid groups (broad SMARTS) is 1. The van der Waals surface area contributed by atoms with Crippen LogP contribution in [0.3, 0.4) is 0 Å². The van der Waals surface area contributed by atoms with Gasteiger partial charge >= 0.3 is 12.0 Å². The van der Waals surface area contributed by atoms with Crippen LogP contribution in [0.25, 0.3) is 0 Å². The number of nitrogens with one attached hydrogen (secondary N) is 2. The molecule has 2 amide bonds. The van der Waals surface area contributed by atoms with Gasteiger partial charge in [0.1, 0.15) is 0 Å². The maximum absolute atomic E-state index is 11.8. The molecule has 3 N–H and O–H groups in total. The molecule has 1 aromatic carbocycles. The second-order valence-electron chi connectivity index (χ2n) is 4.14. The lowest BCUT2D eigenvalue weighted by Gasteiger charge is -2.10. The number of carbonyl (C=O) groups excluding carboxylic acids is 1. The molecule has 0 saturated heterocycles. The van der Waals surface area contributed by atoms with Crippen LogP contribution in [0.1, 0.15) is 12.0 Å². The first kappa shape index (κ1) is 14.1. The predicted molar refractivity (Wildman–Crippen MR) is 79.4 cm³/mol. The highest BCUT2D eigenvalue weighted by molar-refractivity contribution is 7.08. The lowest BCUT2D eigenvalue weighted by molar-refractivity contribution is -0.136. The average Bonchev–Trinajstić information content (AvgIpc) is 2.90. The van der Waals surface area contributed by atoms with Crippen molar-refractivity contribution in [1.82, 2.24) is 0 Å². The number of para-hydroxylation sites is 1. The highest BCUT2D eigenvalue weighted by Crippen LogP contribution is 2.18. The predicted octanol–water partition coefficient (Wildman–Crippen LogP) is 3.41. The van der Waals surface area contributed by atoms with E-state index in [1.165, 1.54) is 11.3 Å². The van der Waals surface area contributed by atoms with E-state index in [2.05, 4.69) is 10.6 Å². The topological polar surface area (TPSA) is 78.4 Å². The van der Waals surface area contributed by atoms with Gasteiger partial charge in [-0.25, -0.2) is 4.79 Å². The van der Waals surface area contributed by atoms with Gasteiger partial charge in [0.2, 0.25) is 0 Å². The SMILES string of the molecule is O=C(O)CCc1ccccc1NC(=O)Nc1ccsc1. The fraction of sp³-hybridized carbons (Fsp3) is 0.143. The molecule has 0 bridgehead atoms. The van der Waals surface area contributed by atoms with Crippen molar-refractivity contribution < 1.29 is 14.7 Å². The molecule has 0 fully saturated rings. The number of benzene rings is 1. The van der Waals surface area contributed by atoms with Crippen LogP contribution in [0.5, 0.6) is 0 Å². The summed E-state index contributed by atoms with van der Waals surface area (Å²) in [6.45, 7) is 0. The van der Waals surface area contributed by atoms with Crippen molar-refractivity contribution in [2.75, 3.05) is 10.6 Å². The zero-order valence-corrected chi connectivity index (χ0v) is 11.4. The number of hydrogen-bond donors (Lipinski definition) is 3. The van der Waals surface area contributed by atoms with Crippen LogP contribution in [0.2, 0.25) is 0 Å². The van der Waals surface area contributed by atoms with Gasteiger partial charge in [0.25, 0.3) is 0 Å². The molecule has 0 unspecified atom stereocenters. The molecule has 1 heterocycles. The van der Waals surface area contributed by atoms with E-state index in [1.54, 1.807) is 18.2 Å². The number of carboxylic acids is 1. The Morgan fingerprint density at radius 2 is 1.95 bits per heavy atom. The van der Waals surface area contributed by atoms with Gasteiger partial charge in [-0.15, -0.1) is 0 Å². The molecule has 0 atom stereocenters. The molecule has 104 valence electrons. The molecule has 2 rings (SSSR count). The first-order valence-corrected chi connectivity index (χ1v) is 6.99. The zero-order valence-electron chi connectivity index (χ0n) is 10.6. The molecular weight excluding hydrogens is 276 g/mol. The van der Waals surface area contributed by atoms with Crippen LogP contribution in [0, 0.1) is 0 Å². The van der Waals surface area contributed by atoms with Crippen LogP contribution in [-0.2, 0) is 11.2 Å². The fourth-order valence-electron chi connectivity index (χ4n) is 1.72. The summed E-state index contributed by atoms with van der Waals surface area (Å²) in [5, 5.41) is 17.9. The van der Waals surface area contributed by atoms with Crippen molar-refractivity contribution >= 4 is 34.7 Å². The monoisotopic (exact) mass is 290 g/mol. The van der Waals surface area contributed by atoms with E-state index in [0.717, 1.165) is 11.3 Å². The normalized spacial score (nSPS) is 10.0. The molecular formula is C14H14N2O3S. The van der Waals surface area contributed by atoms with Gasteiger partial charge in [0, 0.05) is 17.5 Å². The van der Waals surface area contributed by atoms with Crippen molar-refractivity contribution in [3.63, 3.8) is 0 Å². The zero-order chi connectivity index (χ0) is 14.4. The molecule has 0 aliphatic carbocycles. The molecule has 20 heavy (non-hydrogen) atoms. The summed E-state index contributed by atoms with van der Waals surface area (Å²) < 4.78 is 0. The van der Waals surface area contributed by atoms with Crippen LogP contribution in [0.15, 0.2) is 41.1 Å². The van der Waals surface area contributed by atoms with E-state index < -0.39 is 5.97 Å². The van der Waals surface area contributed by atoms with Crippen LogP contribution < -0.4 is 10.6 Å². The Kier molecular flexibility index (Phi) is 4.73. The number of rotatable bonds is 5. The number of amides is 2. The Morgan fingerprint density at radius 1 is 1.15 bits per heavy atom. The molecule has 0 aliphatic rings. The molecule has 0 saturated carbocycles. The molecule has 0 radical (unpaired) electrons. The number of aryl methyl sites for hydroxylation is 1. The van der Waals surface area contributed by atoms with Crippen molar-refractivity contribution in [3.05, 3.63) is 46.7 Å². The molecule has 0 spiro atoms. The largest absolute Gasteiger partial charge is 0.481 e. The van der Waals surface area contributed by atoms with E-state index in [9.17, 15) is 9.59 Å². The van der Waals surface area contributed by atoms with Crippen molar-refractivity contribution in [2.45, 2.75) is 12.8 Å². The summed E-state index contributed by atoms with van der Waals surface area (Å²) in [6, 6.07) is 8.64. The maximum Gasteiger partial charge on any atom is 0.323 e. The van der Waals surface area contributed by atoms with Crippen LogP contribution >= 0.6 is 11.3 Å². The summed E-state index contributed by atoms with van der Waals surface area (Å²) in [6.07, 6.45) is 0.412. The van der Waals surface area contributed by atoms with Crippen molar-refractivity contribution in [3.8, 4) is 0 Å². The summed E-state index contributed by atoms with van der Waals surface area (Å²) >= 11 is 1.49. The van der Waals surface area contributed by atoms with Crippen molar-refractivity contribution in [1.29, 1.82) is 0 Å². The first-order chi connectivity index (χ1) is 9.65. The summed E-state index contributed by atoms with van der Waals surface area (Å²) in [5.74, 6) is -0.859. The highest BCUT2D eigenvalue weighted by Gasteiger charge is 2.08. The maximum atomic E-state index is 11.8. The fourth-order valence-corrected chi connectivity index (χ4v) is 2.31. The number of hydrogen-bond acceptors (Lipinski definition) is 3. The third kappa shape index (κ3) is 4.10. The van der Waals surface area contributed by atoms with Crippen molar-refractivity contribution in [2.24, 2.45) is 0 Å². The molecule has 1 aromatic heterocycles. The Bertz CT molecular complexity index is 596. The van der Waals surface area contributed by atoms with Gasteiger partial charge in [-0.1, -0.05) is 18.2 Å². The van der Waals surface area contributed by atoms with Crippen LogP contribution in [-0.4, -0.2) is 17.1 Å². The number of urea groups is 1. The first-order valence-electron chi connectivity index (χ1n) is 6.05. The second-order valence-corrected chi connectivity index (χ2v) is 4.92. The summed E-state index contributed by atoms with van der Waals surface area (Å²) in [4.78, 5) is 22.5. The third-order valence-corrected chi connectivity index (χ3v) is 3.34. The minimum Gasteiger partial charge on any atom is -0.481 e. The second kappa shape index (κ2) is 6.72. The Hall–Kier alpha value is -2.34. The van der Waals surface area contributed by atoms with Crippen LogP contribution in [0.4, 0.5) is 16.2 Å². The minimum absolute atomic E-state index is 0.0326. The Morgan fingerprint density at radius 3 is 2.65 bits per heavy atom. The van der Waals surface area contributed by atoms with Gasteiger partial charge in [0.15, 0.2) is 0 Å². The number of carbonyl (C=O) groups is 2. The lowest BCUT2D eigenvalue weighted by Crippen LogP contribution is -2.20. The number of thiophene rings is 1. The summed E-state index contributed by atoms with van der Waals surface area (Å²) in [5.41, 5.74) is 2.16. The Balaban J connectivity index is 2.01. The Labute approximate surface area is 120 Å². The van der Waals surface area contributed by atoms with E-state index in [4.69, 9.17) is 5.11 Å². The van der Waals surface area contributed by atoms with E-state index in [0.29, 0.717) is 12.1 Å².